The smallest absolute Gasteiger partial charge is 0.284 e. The van der Waals surface area contributed by atoms with Crippen LogP contribution in [-0.4, -0.2) is 38.4 Å². The fourth-order valence-electron chi connectivity index (χ4n) is 3.32. The van der Waals surface area contributed by atoms with Crippen LogP contribution in [0.25, 0.3) is 16.9 Å². The van der Waals surface area contributed by atoms with Crippen molar-refractivity contribution >= 4 is 5.91 Å². The Kier molecular flexibility index (Phi) is 6.04. The van der Waals surface area contributed by atoms with Gasteiger partial charge in [-0.25, -0.2) is 13.2 Å². The van der Waals surface area contributed by atoms with Crippen LogP contribution < -0.4 is 10.9 Å². The Morgan fingerprint density at radius 3 is 2.59 bits per heavy atom. The Morgan fingerprint density at radius 1 is 1.22 bits per heavy atom. The minimum atomic E-state index is -2.75. The normalized spacial score (nSPS) is 14.4. The molecule has 4 rings (SSSR count). The number of aliphatic hydroxyl groups is 1. The number of alkyl halides is 2. The third-order valence-corrected chi connectivity index (χ3v) is 5.22. The largest absolute Gasteiger partial charge is 0.394 e. The summed E-state index contributed by atoms with van der Waals surface area (Å²) in [5, 5.41) is 16.4. The van der Waals surface area contributed by atoms with E-state index in [0.717, 1.165) is 35.9 Å². The molecule has 0 unspecified atom stereocenters. The molecule has 32 heavy (non-hydrogen) atoms. The second kappa shape index (κ2) is 8.91. The third kappa shape index (κ3) is 4.54. The summed E-state index contributed by atoms with van der Waals surface area (Å²) in [6.45, 7) is -0.272. The van der Waals surface area contributed by atoms with E-state index in [0.29, 0.717) is 0 Å². The van der Waals surface area contributed by atoms with Crippen LogP contribution in [0.15, 0.2) is 53.5 Å². The Hall–Kier alpha value is -3.53. The molecular formula is C22H19F3N4O3. The van der Waals surface area contributed by atoms with Gasteiger partial charge >= 0.3 is 0 Å². The molecule has 7 nitrogen and oxygen atoms in total. The zero-order chi connectivity index (χ0) is 22.8. The average Bonchev–Trinajstić information content (AvgIpc) is 3.63. The summed E-state index contributed by atoms with van der Waals surface area (Å²) in [5.74, 6) is -1.18. The number of nitrogens with zero attached hydrogens (tertiary/aromatic N) is 3. The quantitative estimate of drug-likeness (QED) is 0.584. The van der Waals surface area contributed by atoms with Gasteiger partial charge < -0.3 is 10.4 Å². The van der Waals surface area contributed by atoms with Crippen LogP contribution in [0.3, 0.4) is 0 Å². The Labute approximate surface area is 180 Å². The fourth-order valence-corrected chi connectivity index (χ4v) is 3.32. The standard InChI is InChI=1S/C22H19F3N4O3/c23-14-2-1-3-15(8-14)29-22(32)16(21(31)27-19(11-30)12-4-5-12)9-18(28-29)13-6-7-17(20(24)25)26-10-13/h1-3,6-10,12,19-20,30H,4-5,11H2,(H,27,31)/t19-/m1/s1. The summed E-state index contributed by atoms with van der Waals surface area (Å²) < 4.78 is 40.3. The van der Waals surface area contributed by atoms with Crippen LogP contribution in [0.2, 0.25) is 0 Å². The molecule has 0 spiro atoms. The molecule has 0 bridgehead atoms. The van der Waals surface area contributed by atoms with E-state index < -0.39 is 35.4 Å². The minimum absolute atomic E-state index is 0.0870. The van der Waals surface area contributed by atoms with Crippen molar-refractivity contribution in [1.29, 1.82) is 0 Å². The van der Waals surface area contributed by atoms with Crippen LogP contribution in [-0.2, 0) is 0 Å². The average molecular weight is 444 g/mol. The van der Waals surface area contributed by atoms with Gasteiger partial charge in [0.1, 0.15) is 17.1 Å². The van der Waals surface area contributed by atoms with E-state index in [-0.39, 0.29) is 35.0 Å². The summed E-state index contributed by atoms with van der Waals surface area (Å²) in [7, 11) is 0. The van der Waals surface area contributed by atoms with E-state index in [9.17, 15) is 27.9 Å². The maximum absolute atomic E-state index is 13.8. The van der Waals surface area contributed by atoms with Gasteiger partial charge in [-0.15, -0.1) is 0 Å². The molecule has 0 saturated heterocycles. The molecule has 10 heteroatoms. The Balaban J connectivity index is 1.81. The van der Waals surface area contributed by atoms with E-state index in [1.807, 2.05) is 0 Å². The molecule has 3 aromatic rings. The third-order valence-electron chi connectivity index (χ3n) is 5.22. The number of pyridine rings is 1. The Bertz CT molecular complexity index is 1190. The molecule has 0 radical (unpaired) electrons. The van der Waals surface area contributed by atoms with Crippen molar-refractivity contribution in [3.05, 3.63) is 76.1 Å². The first-order valence-electron chi connectivity index (χ1n) is 9.94. The molecule has 0 aliphatic heterocycles. The van der Waals surface area contributed by atoms with Gasteiger partial charge in [0.25, 0.3) is 17.9 Å². The SMILES string of the molecule is O=C(N[C@H](CO)C1CC1)c1cc(-c2ccc(C(F)F)nc2)nn(-c2cccc(F)c2)c1=O. The first-order valence-corrected chi connectivity index (χ1v) is 9.94. The molecular weight excluding hydrogens is 425 g/mol. The number of nitrogens with one attached hydrogen (secondary N) is 1. The zero-order valence-electron chi connectivity index (χ0n) is 16.7. The highest BCUT2D eigenvalue weighted by molar-refractivity contribution is 5.95. The molecule has 2 aromatic heterocycles. The molecule has 1 aliphatic carbocycles. The zero-order valence-corrected chi connectivity index (χ0v) is 16.7. The molecule has 1 saturated carbocycles. The first kappa shape index (κ1) is 21.7. The van der Waals surface area contributed by atoms with Crippen LogP contribution in [0, 0.1) is 11.7 Å². The molecule has 1 aromatic carbocycles. The lowest BCUT2D eigenvalue weighted by atomic mass is 10.1. The molecule has 1 fully saturated rings. The minimum Gasteiger partial charge on any atom is -0.394 e. The van der Waals surface area contributed by atoms with Gasteiger partial charge in [-0.3, -0.25) is 14.6 Å². The summed E-state index contributed by atoms with van der Waals surface area (Å²) >= 11 is 0. The van der Waals surface area contributed by atoms with Gasteiger partial charge in [0, 0.05) is 11.8 Å². The van der Waals surface area contributed by atoms with Crippen molar-refractivity contribution in [3.63, 3.8) is 0 Å². The number of carbonyl (C=O) groups excluding carboxylic acids is 1. The van der Waals surface area contributed by atoms with Crippen molar-refractivity contribution < 1.29 is 23.1 Å². The van der Waals surface area contributed by atoms with E-state index in [1.54, 1.807) is 0 Å². The molecule has 1 aliphatic rings. The van der Waals surface area contributed by atoms with Crippen LogP contribution in [0.5, 0.6) is 0 Å². The van der Waals surface area contributed by atoms with Crippen LogP contribution >= 0.6 is 0 Å². The molecule has 1 amide bonds. The van der Waals surface area contributed by atoms with E-state index in [4.69, 9.17) is 0 Å². The van der Waals surface area contributed by atoms with Gasteiger partial charge in [-0.05, 0) is 55.2 Å². The van der Waals surface area contributed by atoms with Crippen molar-refractivity contribution in [2.24, 2.45) is 5.92 Å². The number of carbonyl (C=O) groups is 1. The number of rotatable bonds is 7. The van der Waals surface area contributed by atoms with Gasteiger partial charge in [0.05, 0.1) is 24.0 Å². The van der Waals surface area contributed by atoms with Crippen molar-refractivity contribution in [2.45, 2.75) is 25.3 Å². The summed E-state index contributed by atoms with van der Waals surface area (Å²) in [6.07, 6.45) is 0.135. The second-order valence-electron chi connectivity index (χ2n) is 7.51. The van der Waals surface area contributed by atoms with Crippen molar-refractivity contribution in [1.82, 2.24) is 20.1 Å². The number of halogens is 3. The van der Waals surface area contributed by atoms with Gasteiger partial charge in [0.15, 0.2) is 0 Å². The number of benzene rings is 1. The highest BCUT2D eigenvalue weighted by atomic mass is 19.3. The summed E-state index contributed by atoms with van der Waals surface area (Å²) in [4.78, 5) is 29.6. The number of amides is 1. The first-order chi connectivity index (χ1) is 15.4. The summed E-state index contributed by atoms with van der Waals surface area (Å²) in [5.41, 5.74) is -1.02. The predicted molar refractivity (Wildman–Crippen MR) is 109 cm³/mol. The highest BCUT2D eigenvalue weighted by Gasteiger charge is 2.32. The van der Waals surface area contributed by atoms with Gasteiger partial charge in [-0.1, -0.05) is 6.07 Å². The molecule has 166 valence electrons. The van der Waals surface area contributed by atoms with Gasteiger partial charge in [-0.2, -0.15) is 9.78 Å². The monoisotopic (exact) mass is 444 g/mol. The number of hydrogen-bond donors (Lipinski definition) is 2. The molecule has 2 heterocycles. The fraction of sp³-hybridized carbons (Fsp3) is 0.273. The molecule has 2 N–H and O–H groups in total. The van der Waals surface area contributed by atoms with Crippen LogP contribution in [0.4, 0.5) is 13.2 Å². The topological polar surface area (TPSA) is 97.1 Å². The maximum atomic E-state index is 13.8. The lowest BCUT2D eigenvalue weighted by Crippen LogP contribution is -2.42. The maximum Gasteiger partial charge on any atom is 0.284 e. The predicted octanol–water partition coefficient (Wildman–Crippen LogP) is 2.87. The van der Waals surface area contributed by atoms with Crippen LogP contribution in [0.1, 0.15) is 35.3 Å². The molecule has 1 atom stereocenters. The lowest BCUT2D eigenvalue weighted by molar-refractivity contribution is 0.0906. The Morgan fingerprint density at radius 2 is 2.00 bits per heavy atom. The van der Waals surface area contributed by atoms with E-state index in [1.165, 1.54) is 30.3 Å². The number of aromatic nitrogens is 3. The number of aliphatic hydroxyl groups excluding tert-OH is 1. The van der Waals surface area contributed by atoms with Crippen molar-refractivity contribution in [3.8, 4) is 16.9 Å². The number of hydrogen-bond acceptors (Lipinski definition) is 5. The lowest BCUT2D eigenvalue weighted by Gasteiger charge is -2.16. The summed E-state index contributed by atoms with van der Waals surface area (Å²) in [6, 6.07) is 8.31. The van der Waals surface area contributed by atoms with E-state index >= 15 is 0 Å². The highest BCUT2D eigenvalue weighted by Crippen LogP contribution is 2.32. The van der Waals surface area contributed by atoms with E-state index in [2.05, 4.69) is 15.4 Å². The van der Waals surface area contributed by atoms with Crippen molar-refractivity contribution in [2.75, 3.05) is 6.61 Å². The van der Waals surface area contributed by atoms with Gasteiger partial charge in [0.2, 0.25) is 0 Å². The second-order valence-corrected chi connectivity index (χ2v) is 7.51.